The van der Waals surface area contributed by atoms with Crippen molar-refractivity contribution in [3.05, 3.63) is 0 Å². The van der Waals surface area contributed by atoms with Gasteiger partial charge in [-0.3, -0.25) is 4.79 Å². The van der Waals surface area contributed by atoms with Crippen LogP contribution in [0.15, 0.2) is 0 Å². The molecule has 88 valence electrons. The third-order valence-electron chi connectivity index (χ3n) is 2.87. The van der Waals surface area contributed by atoms with E-state index in [0.29, 0.717) is 17.7 Å². The van der Waals surface area contributed by atoms with Crippen LogP contribution in [0.3, 0.4) is 0 Å². The highest BCUT2D eigenvalue weighted by atomic mass is 16.2. The van der Waals surface area contributed by atoms with Crippen molar-refractivity contribution in [1.29, 1.82) is 0 Å². The monoisotopic (exact) mass is 212 g/mol. The summed E-state index contributed by atoms with van der Waals surface area (Å²) in [5, 5.41) is 3.26. The van der Waals surface area contributed by atoms with Crippen LogP contribution in [0.2, 0.25) is 0 Å². The first kappa shape index (κ1) is 12.5. The first-order chi connectivity index (χ1) is 7.09. The lowest BCUT2D eigenvalue weighted by atomic mass is 9.95. The van der Waals surface area contributed by atoms with E-state index in [1.165, 1.54) is 0 Å². The molecular weight excluding hydrogens is 188 g/mol. The first-order valence-electron chi connectivity index (χ1n) is 6.08. The molecule has 0 radical (unpaired) electrons. The number of hydrogen-bond donors (Lipinski definition) is 1. The fraction of sp³-hybridized carbons (Fsp3) is 0.917. The van der Waals surface area contributed by atoms with Crippen LogP contribution < -0.4 is 5.32 Å². The average molecular weight is 212 g/mol. The van der Waals surface area contributed by atoms with Crippen LogP contribution in [-0.2, 0) is 4.79 Å². The Hall–Kier alpha value is -0.570. The molecule has 0 bridgehead atoms. The third kappa shape index (κ3) is 4.65. The summed E-state index contributed by atoms with van der Waals surface area (Å²) in [5.74, 6) is 1.55. The van der Waals surface area contributed by atoms with Crippen LogP contribution in [0, 0.1) is 11.8 Å². The molecule has 1 N–H and O–H groups in total. The van der Waals surface area contributed by atoms with Crippen LogP contribution in [-0.4, -0.2) is 37.0 Å². The zero-order valence-electron chi connectivity index (χ0n) is 10.3. The Kier molecular flexibility index (Phi) is 5.09. The number of carbonyl (C=O) groups is 1. The molecule has 1 saturated heterocycles. The van der Waals surface area contributed by atoms with Gasteiger partial charge >= 0.3 is 0 Å². The molecule has 1 aliphatic rings. The second kappa shape index (κ2) is 6.11. The van der Waals surface area contributed by atoms with Gasteiger partial charge in [-0.25, -0.2) is 0 Å². The molecule has 0 saturated carbocycles. The largest absolute Gasteiger partial charge is 0.340 e. The molecule has 3 heteroatoms. The maximum absolute atomic E-state index is 11.9. The Morgan fingerprint density at radius 3 is 2.40 bits per heavy atom. The Balaban J connectivity index is 2.27. The van der Waals surface area contributed by atoms with Crippen LogP contribution in [0.1, 0.15) is 33.6 Å². The number of amides is 1. The Morgan fingerprint density at radius 2 is 1.87 bits per heavy atom. The van der Waals surface area contributed by atoms with Crippen LogP contribution in [0.25, 0.3) is 0 Å². The molecular formula is C12H24N2O. The highest BCUT2D eigenvalue weighted by molar-refractivity contribution is 5.76. The fourth-order valence-electron chi connectivity index (χ4n) is 2.23. The van der Waals surface area contributed by atoms with Crippen molar-refractivity contribution in [3.8, 4) is 0 Å². The molecule has 0 spiro atoms. The van der Waals surface area contributed by atoms with E-state index in [9.17, 15) is 4.79 Å². The van der Waals surface area contributed by atoms with Gasteiger partial charge in [-0.05, 0) is 18.3 Å². The van der Waals surface area contributed by atoms with Crippen molar-refractivity contribution in [2.75, 3.05) is 26.2 Å². The molecule has 15 heavy (non-hydrogen) atoms. The molecule has 1 aliphatic heterocycles. The number of piperazine rings is 1. The van der Waals surface area contributed by atoms with Crippen molar-refractivity contribution in [2.45, 2.75) is 33.6 Å². The van der Waals surface area contributed by atoms with E-state index in [0.717, 1.165) is 39.0 Å². The zero-order chi connectivity index (χ0) is 11.3. The van der Waals surface area contributed by atoms with Crippen molar-refractivity contribution in [3.63, 3.8) is 0 Å². The summed E-state index contributed by atoms with van der Waals surface area (Å²) >= 11 is 0. The standard InChI is InChI=1S/C12H24N2O/c1-10(2)8-11(3)9-12(15)14-6-4-13-5-7-14/h10-11,13H,4-9H2,1-3H3. The molecule has 1 fully saturated rings. The van der Waals surface area contributed by atoms with Gasteiger partial charge in [-0.15, -0.1) is 0 Å². The molecule has 1 rings (SSSR count). The molecule has 1 heterocycles. The summed E-state index contributed by atoms with van der Waals surface area (Å²) < 4.78 is 0. The van der Waals surface area contributed by atoms with E-state index in [-0.39, 0.29) is 0 Å². The lowest BCUT2D eigenvalue weighted by Crippen LogP contribution is -2.46. The minimum absolute atomic E-state index is 0.338. The summed E-state index contributed by atoms with van der Waals surface area (Å²) in [7, 11) is 0. The van der Waals surface area contributed by atoms with Crippen molar-refractivity contribution >= 4 is 5.91 Å². The van der Waals surface area contributed by atoms with Crippen LogP contribution in [0.4, 0.5) is 0 Å². The number of nitrogens with zero attached hydrogens (tertiary/aromatic N) is 1. The van der Waals surface area contributed by atoms with Gasteiger partial charge < -0.3 is 10.2 Å². The van der Waals surface area contributed by atoms with E-state index < -0.39 is 0 Å². The topological polar surface area (TPSA) is 32.3 Å². The summed E-state index contributed by atoms with van der Waals surface area (Å²) in [6.45, 7) is 10.3. The SMILES string of the molecule is CC(C)CC(C)CC(=O)N1CCNCC1. The number of hydrogen-bond acceptors (Lipinski definition) is 2. The molecule has 1 unspecified atom stereocenters. The predicted molar refractivity (Wildman–Crippen MR) is 62.7 cm³/mol. The minimum atomic E-state index is 0.338. The number of rotatable bonds is 4. The van der Waals surface area contributed by atoms with E-state index >= 15 is 0 Å². The quantitative estimate of drug-likeness (QED) is 0.766. The molecule has 0 aliphatic carbocycles. The lowest BCUT2D eigenvalue weighted by Gasteiger charge is -2.28. The van der Waals surface area contributed by atoms with Crippen molar-refractivity contribution in [1.82, 2.24) is 10.2 Å². The normalized spacial score (nSPS) is 19.3. The lowest BCUT2D eigenvalue weighted by molar-refractivity contribution is -0.132. The smallest absolute Gasteiger partial charge is 0.222 e. The van der Waals surface area contributed by atoms with E-state index in [4.69, 9.17) is 0 Å². The predicted octanol–water partition coefficient (Wildman–Crippen LogP) is 1.49. The second-order valence-corrected chi connectivity index (χ2v) is 5.07. The average Bonchev–Trinajstić information content (AvgIpc) is 2.17. The van der Waals surface area contributed by atoms with Gasteiger partial charge in [0, 0.05) is 32.6 Å². The van der Waals surface area contributed by atoms with Gasteiger partial charge in [-0.2, -0.15) is 0 Å². The summed E-state index contributed by atoms with van der Waals surface area (Å²) in [5.41, 5.74) is 0. The second-order valence-electron chi connectivity index (χ2n) is 5.07. The van der Waals surface area contributed by atoms with Gasteiger partial charge in [0.15, 0.2) is 0 Å². The van der Waals surface area contributed by atoms with E-state index in [1.54, 1.807) is 0 Å². The molecule has 0 aromatic rings. The maximum atomic E-state index is 11.9. The molecule has 3 nitrogen and oxygen atoms in total. The maximum Gasteiger partial charge on any atom is 0.222 e. The molecule has 0 aromatic heterocycles. The third-order valence-corrected chi connectivity index (χ3v) is 2.87. The van der Waals surface area contributed by atoms with Gasteiger partial charge in [-0.1, -0.05) is 20.8 Å². The van der Waals surface area contributed by atoms with Gasteiger partial charge in [0.25, 0.3) is 0 Å². The van der Waals surface area contributed by atoms with Crippen LogP contribution in [0.5, 0.6) is 0 Å². The highest BCUT2D eigenvalue weighted by Crippen LogP contribution is 2.15. The van der Waals surface area contributed by atoms with Gasteiger partial charge in [0.1, 0.15) is 0 Å². The fourth-order valence-corrected chi connectivity index (χ4v) is 2.23. The van der Waals surface area contributed by atoms with E-state index in [1.807, 2.05) is 4.90 Å². The number of carbonyl (C=O) groups excluding carboxylic acids is 1. The zero-order valence-corrected chi connectivity index (χ0v) is 10.3. The minimum Gasteiger partial charge on any atom is -0.340 e. The van der Waals surface area contributed by atoms with Crippen molar-refractivity contribution < 1.29 is 4.79 Å². The van der Waals surface area contributed by atoms with Crippen LogP contribution >= 0.6 is 0 Å². The Morgan fingerprint density at radius 1 is 1.27 bits per heavy atom. The van der Waals surface area contributed by atoms with Gasteiger partial charge in [0.2, 0.25) is 5.91 Å². The summed E-state index contributed by atoms with van der Waals surface area (Å²) in [6.07, 6.45) is 1.87. The molecule has 1 atom stereocenters. The first-order valence-corrected chi connectivity index (χ1v) is 6.08. The number of nitrogens with one attached hydrogen (secondary N) is 1. The summed E-state index contributed by atoms with van der Waals surface area (Å²) in [4.78, 5) is 13.9. The van der Waals surface area contributed by atoms with Gasteiger partial charge in [0.05, 0.1) is 0 Å². The molecule has 0 aromatic carbocycles. The van der Waals surface area contributed by atoms with E-state index in [2.05, 4.69) is 26.1 Å². The Bertz CT molecular complexity index is 198. The highest BCUT2D eigenvalue weighted by Gasteiger charge is 2.18. The summed E-state index contributed by atoms with van der Waals surface area (Å²) in [6, 6.07) is 0. The Labute approximate surface area is 93.2 Å². The van der Waals surface area contributed by atoms with Crippen molar-refractivity contribution in [2.24, 2.45) is 11.8 Å². The molecule has 1 amide bonds.